The first-order valence-electron chi connectivity index (χ1n) is 7.25. The number of carbonyl (C=O) groups is 1. The summed E-state index contributed by atoms with van der Waals surface area (Å²) in [5.41, 5.74) is -0.331. The Morgan fingerprint density at radius 3 is 3.10 bits per heavy atom. The average molecular weight is 292 g/mol. The third kappa shape index (κ3) is 2.98. The van der Waals surface area contributed by atoms with Crippen LogP contribution in [-0.4, -0.2) is 58.7 Å². The van der Waals surface area contributed by atoms with Gasteiger partial charge in [-0.2, -0.15) is 0 Å². The van der Waals surface area contributed by atoms with Crippen LogP contribution < -0.4 is 10.9 Å². The number of ether oxygens (including phenoxy) is 1. The maximum absolute atomic E-state index is 12.2. The second-order valence-corrected chi connectivity index (χ2v) is 5.87. The standard InChI is InChI=1S/C14H20N4O3/c1-8-5-18-6-10(3-11(18)7-21-8)17-14(20)12-4-15-9(2)16-13(12)19/h4,8,10-11H,3,5-7H2,1-2H3,(H,17,20)(H,15,16,19)/t8-,10+,11-/m0/s1. The first-order valence-corrected chi connectivity index (χ1v) is 7.25. The van der Waals surface area contributed by atoms with E-state index in [2.05, 4.69) is 27.1 Å². The van der Waals surface area contributed by atoms with Crippen LogP contribution in [0.15, 0.2) is 11.0 Å². The third-order valence-corrected chi connectivity index (χ3v) is 4.10. The molecule has 1 aromatic heterocycles. The Labute approximate surface area is 122 Å². The summed E-state index contributed by atoms with van der Waals surface area (Å²) in [6.07, 6.45) is 2.42. The van der Waals surface area contributed by atoms with Crippen LogP contribution in [0.4, 0.5) is 0 Å². The fourth-order valence-electron chi connectivity index (χ4n) is 3.05. The zero-order valence-corrected chi connectivity index (χ0v) is 12.3. The van der Waals surface area contributed by atoms with E-state index in [1.165, 1.54) is 6.20 Å². The molecule has 2 fully saturated rings. The minimum Gasteiger partial charge on any atom is -0.376 e. The Hall–Kier alpha value is -1.73. The lowest BCUT2D eigenvalue weighted by Gasteiger charge is -2.33. The molecule has 0 bridgehead atoms. The minimum absolute atomic E-state index is 0.0529. The van der Waals surface area contributed by atoms with Crippen LogP contribution in [0.25, 0.3) is 0 Å². The summed E-state index contributed by atoms with van der Waals surface area (Å²) < 4.78 is 5.64. The molecule has 0 spiro atoms. The van der Waals surface area contributed by atoms with E-state index in [1.54, 1.807) is 6.92 Å². The van der Waals surface area contributed by atoms with Crippen LogP contribution in [0.1, 0.15) is 29.5 Å². The van der Waals surface area contributed by atoms with Crippen molar-refractivity contribution in [3.8, 4) is 0 Å². The summed E-state index contributed by atoms with van der Waals surface area (Å²) in [5, 5.41) is 2.93. The van der Waals surface area contributed by atoms with Crippen molar-refractivity contribution < 1.29 is 9.53 Å². The fourth-order valence-corrected chi connectivity index (χ4v) is 3.05. The number of morpholine rings is 1. The summed E-state index contributed by atoms with van der Waals surface area (Å²) in [6.45, 7) is 6.14. The van der Waals surface area contributed by atoms with Crippen molar-refractivity contribution in [2.75, 3.05) is 19.7 Å². The molecular formula is C14H20N4O3. The molecular weight excluding hydrogens is 272 g/mol. The number of aryl methyl sites for hydroxylation is 1. The number of amides is 1. The number of rotatable bonds is 2. The van der Waals surface area contributed by atoms with Gasteiger partial charge in [0.1, 0.15) is 11.4 Å². The molecule has 1 amide bonds. The molecule has 3 heterocycles. The number of aromatic nitrogens is 2. The minimum atomic E-state index is -0.396. The van der Waals surface area contributed by atoms with E-state index in [0.29, 0.717) is 18.5 Å². The van der Waals surface area contributed by atoms with Gasteiger partial charge in [0.25, 0.3) is 11.5 Å². The molecule has 3 atom stereocenters. The van der Waals surface area contributed by atoms with Gasteiger partial charge < -0.3 is 15.0 Å². The second-order valence-electron chi connectivity index (χ2n) is 5.87. The van der Waals surface area contributed by atoms with Crippen LogP contribution in [0.2, 0.25) is 0 Å². The predicted octanol–water partition coefficient (Wildman–Crippen LogP) is -0.330. The first kappa shape index (κ1) is 14.2. The average Bonchev–Trinajstić information content (AvgIpc) is 2.79. The van der Waals surface area contributed by atoms with E-state index in [-0.39, 0.29) is 23.6 Å². The Bertz CT molecular complexity index is 600. The summed E-state index contributed by atoms with van der Waals surface area (Å²) in [4.78, 5) is 32.8. The number of nitrogens with zero attached hydrogens (tertiary/aromatic N) is 2. The number of hydrogen-bond donors (Lipinski definition) is 2. The molecule has 2 aliphatic rings. The Kier molecular flexibility index (Phi) is 3.77. The van der Waals surface area contributed by atoms with Crippen LogP contribution in [0.3, 0.4) is 0 Å². The normalized spacial score (nSPS) is 29.1. The Morgan fingerprint density at radius 2 is 2.33 bits per heavy atom. The van der Waals surface area contributed by atoms with Gasteiger partial charge in [-0.3, -0.25) is 14.5 Å². The summed E-state index contributed by atoms with van der Waals surface area (Å²) in [6, 6.07) is 0.415. The molecule has 0 saturated carbocycles. The maximum atomic E-state index is 12.2. The molecule has 0 aliphatic carbocycles. The zero-order chi connectivity index (χ0) is 15.0. The molecule has 114 valence electrons. The molecule has 7 nitrogen and oxygen atoms in total. The smallest absolute Gasteiger partial charge is 0.263 e. The molecule has 2 N–H and O–H groups in total. The number of nitrogens with one attached hydrogen (secondary N) is 2. The lowest BCUT2D eigenvalue weighted by molar-refractivity contribution is -0.0390. The van der Waals surface area contributed by atoms with Gasteiger partial charge in [-0.05, 0) is 20.3 Å². The van der Waals surface area contributed by atoms with Gasteiger partial charge in [-0.25, -0.2) is 4.98 Å². The van der Waals surface area contributed by atoms with Gasteiger partial charge in [-0.1, -0.05) is 0 Å². The highest BCUT2D eigenvalue weighted by Gasteiger charge is 2.36. The first-order chi connectivity index (χ1) is 10.0. The van der Waals surface area contributed by atoms with Crippen molar-refractivity contribution in [3.63, 3.8) is 0 Å². The Balaban J connectivity index is 1.65. The van der Waals surface area contributed by atoms with Crippen molar-refractivity contribution in [3.05, 3.63) is 27.9 Å². The maximum Gasteiger partial charge on any atom is 0.263 e. The van der Waals surface area contributed by atoms with E-state index in [0.717, 1.165) is 19.5 Å². The van der Waals surface area contributed by atoms with Crippen LogP contribution in [0.5, 0.6) is 0 Å². The van der Waals surface area contributed by atoms with Crippen LogP contribution >= 0.6 is 0 Å². The highest BCUT2D eigenvalue weighted by Crippen LogP contribution is 2.23. The van der Waals surface area contributed by atoms with Crippen molar-refractivity contribution in [2.45, 2.75) is 38.5 Å². The fraction of sp³-hybridized carbons (Fsp3) is 0.643. The van der Waals surface area contributed by atoms with Crippen molar-refractivity contribution in [2.24, 2.45) is 0 Å². The lowest BCUT2D eigenvalue weighted by Crippen LogP contribution is -2.45. The van der Waals surface area contributed by atoms with Gasteiger partial charge in [0.2, 0.25) is 0 Å². The second kappa shape index (κ2) is 5.57. The highest BCUT2D eigenvalue weighted by atomic mass is 16.5. The highest BCUT2D eigenvalue weighted by molar-refractivity contribution is 5.93. The lowest BCUT2D eigenvalue weighted by atomic mass is 10.1. The molecule has 21 heavy (non-hydrogen) atoms. The van der Waals surface area contributed by atoms with E-state index in [9.17, 15) is 9.59 Å². The number of H-pyrrole nitrogens is 1. The SMILES string of the molecule is Cc1ncc(C(=O)N[C@@H]2C[C@H]3CO[C@@H](C)CN3C2)c(=O)[nH]1. The van der Waals surface area contributed by atoms with Crippen LogP contribution in [-0.2, 0) is 4.74 Å². The van der Waals surface area contributed by atoms with Gasteiger partial charge >= 0.3 is 0 Å². The summed E-state index contributed by atoms with van der Waals surface area (Å²) in [5.74, 6) is 0.142. The quantitative estimate of drug-likeness (QED) is 0.779. The topological polar surface area (TPSA) is 87.3 Å². The molecule has 2 aliphatic heterocycles. The number of hydrogen-bond acceptors (Lipinski definition) is 5. The van der Waals surface area contributed by atoms with Gasteiger partial charge in [0.05, 0.1) is 12.7 Å². The Morgan fingerprint density at radius 1 is 1.52 bits per heavy atom. The summed E-state index contributed by atoms with van der Waals surface area (Å²) >= 11 is 0. The number of fused-ring (bicyclic) bond motifs is 1. The zero-order valence-electron chi connectivity index (χ0n) is 12.3. The van der Waals surface area contributed by atoms with Gasteiger partial charge in [0.15, 0.2) is 0 Å². The van der Waals surface area contributed by atoms with Crippen molar-refractivity contribution in [1.82, 2.24) is 20.2 Å². The van der Waals surface area contributed by atoms with Crippen molar-refractivity contribution in [1.29, 1.82) is 0 Å². The largest absolute Gasteiger partial charge is 0.376 e. The number of carbonyl (C=O) groups excluding carboxylic acids is 1. The van der Waals surface area contributed by atoms with Gasteiger partial charge in [0, 0.05) is 31.4 Å². The van der Waals surface area contributed by atoms with Crippen molar-refractivity contribution >= 4 is 5.91 Å². The van der Waals surface area contributed by atoms with E-state index < -0.39 is 5.56 Å². The van der Waals surface area contributed by atoms with E-state index in [1.807, 2.05) is 0 Å². The molecule has 7 heteroatoms. The molecule has 0 unspecified atom stereocenters. The van der Waals surface area contributed by atoms with Crippen LogP contribution in [0, 0.1) is 6.92 Å². The monoisotopic (exact) mass is 292 g/mol. The summed E-state index contributed by atoms with van der Waals surface area (Å²) in [7, 11) is 0. The third-order valence-electron chi connectivity index (χ3n) is 4.10. The van der Waals surface area contributed by atoms with E-state index >= 15 is 0 Å². The molecule has 0 radical (unpaired) electrons. The molecule has 1 aromatic rings. The van der Waals surface area contributed by atoms with Gasteiger partial charge in [-0.15, -0.1) is 0 Å². The molecule has 3 rings (SSSR count). The molecule has 2 saturated heterocycles. The molecule has 0 aromatic carbocycles. The number of aromatic amines is 1. The predicted molar refractivity (Wildman–Crippen MR) is 76.2 cm³/mol. The van der Waals surface area contributed by atoms with E-state index in [4.69, 9.17) is 4.74 Å².